The minimum absolute atomic E-state index is 0.0303. The molecule has 2 heteroatoms. The van der Waals surface area contributed by atoms with E-state index in [2.05, 4.69) is 26.1 Å². The zero-order valence-electron chi connectivity index (χ0n) is 7.81. The highest BCUT2D eigenvalue weighted by Gasteiger charge is 2.18. The van der Waals surface area contributed by atoms with Crippen molar-refractivity contribution in [2.75, 3.05) is 19.7 Å². The Morgan fingerprint density at radius 2 is 2.18 bits per heavy atom. The highest BCUT2D eigenvalue weighted by Crippen LogP contribution is 2.13. The van der Waals surface area contributed by atoms with Gasteiger partial charge < -0.3 is 10.1 Å². The summed E-state index contributed by atoms with van der Waals surface area (Å²) in [5.74, 6) is 0.745. The first kappa shape index (κ1) is 9.01. The molecule has 0 aromatic carbocycles. The van der Waals surface area contributed by atoms with Gasteiger partial charge in [0.05, 0.1) is 12.2 Å². The summed E-state index contributed by atoms with van der Waals surface area (Å²) in [5, 5.41) is 3.33. The second kappa shape index (κ2) is 3.55. The summed E-state index contributed by atoms with van der Waals surface area (Å²) in [6.07, 6.45) is 1.27. The molecule has 0 bridgehead atoms. The Hall–Kier alpha value is -0.0800. The maximum Gasteiger partial charge on any atom is 0.0598 e. The Morgan fingerprint density at radius 1 is 1.45 bits per heavy atom. The molecule has 1 saturated heterocycles. The van der Waals surface area contributed by atoms with Crippen LogP contribution in [-0.2, 0) is 4.74 Å². The topological polar surface area (TPSA) is 21.3 Å². The van der Waals surface area contributed by atoms with Crippen molar-refractivity contribution in [2.45, 2.75) is 32.8 Å². The minimum Gasteiger partial charge on any atom is -0.376 e. The van der Waals surface area contributed by atoms with Crippen molar-refractivity contribution in [3.05, 3.63) is 0 Å². The van der Waals surface area contributed by atoms with Gasteiger partial charge in [-0.1, -0.05) is 0 Å². The molecule has 1 aliphatic rings. The van der Waals surface area contributed by atoms with Gasteiger partial charge in [-0.15, -0.1) is 0 Å². The maximum absolute atomic E-state index is 5.67. The van der Waals surface area contributed by atoms with E-state index in [1.54, 1.807) is 0 Å². The van der Waals surface area contributed by atoms with E-state index in [9.17, 15) is 0 Å². The van der Waals surface area contributed by atoms with Crippen LogP contribution in [0.5, 0.6) is 0 Å². The highest BCUT2D eigenvalue weighted by molar-refractivity contribution is 4.71. The maximum atomic E-state index is 5.67. The fraction of sp³-hybridized carbons (Fsp3) is 1.00. The standard InChI is InChI=1S/C9H19NO/c1-9(2,3)11-7-8-4-5-10-6-8/h8,10H,4-7H2,1-3H3. The van der Waals surface area contributed by atoms with E-state index < -0.39 is 0 Å². The summed E-state index contributed by atoms with van der Waals surface area (Å²) in [6, 6.07) is 0. The van der Waals surface area contributed by atoms with Crippen LogP contribution in [0.1, 0.15) is 27.2 Å². The molecule has 1 unspecified atom stereocenters. The van der Waals surface area contributed by atoms with E-state index in [1.165, 1.54) is 6.42 Å². The largest absolute Gasteiger partial charge is 0.376 e. The molecule has 0 radical (unpaired) electrons. The van der Waals surface area contributed by atoms with Crippen LogP contribution in [0.2, 0.25) is 0 Å². The van der Waals surface area contributed by atoms with Gasteiger partial charge >= 0.3 is 0 Å². The van der Waals surface area contributed by atoms with Gasteiger partial charge in [-0.05, 0) is 39.7 Å². The number of ether oxygens (including phenoxy) is 1. The molecule has 1 rings (SSSR count). The van der Waals surface area contributed by atoms with Crippen LogP contribution in [-0.4, -0.2) is 25.3 Å². The Labute approximate surface area is 69.3 Å². The summed E-state index contributed by atoms with van der Waals surface area (Å²) in [7, 11) is 0. The molecule has 11 heavy (non-hydrogen) atoms. The first-order valence-corrected chi connectivity index (χ1v) is 4.42. The van der Waals surface area contributed by atoms with E-state index >= 15 is 0 Å². The third-order valence-electron chi connectivity index (χ3n) is 1.91. The van der Waals surface area contributed by atoms with Gasteiger partial charge in [0.15, 0.2) is 0 Å². The van der Waals surface area contributed by atoms with E-state index in [0.29, 0.717) is 0 Å². The van der Waals surface area contributed by atoms with Crippen molar-refractivity contribution in [2.24, 2.45) is 5.92 Å². The van der Waals surface area contributed by atoms with Crippen molar-refractivity contribution in [1.82, 2.24) is 5.32 Å². The van der Waals surface area contributed by atoms with Crippen molar-refractivity contribution < 1.29 is 4.74 Å². The Balaban J connectivity index is 2.11. The predicted molar refractivity (Wildman–Crippen MR) is 46.7 cm³/mol. The van der Waals surface area contributed by atoms with Crippen LogP contribution in [0.3, 0.4) is 0 Å². The first-order valence-electron chi connectivity index (χ1n) is 4.42. The smallest absolute Gasteiger partial charge is 0.0598 e. The molecule has 1 aliphatic heterocycles. The Morgan fingerprint density at radius 3 is 2.64 bits per heavy atom. The predicted octanol–water partition coefficient (Wildman–Crippen LogP) is 1.41. The average molecular weight is 157 g/mol. The molecule has 0 aromatic rings. The molecule has 1 heterocycles. The third-order valence-corrected chi connectivity index (χ3v) is 1.91. The van der Waals surface area contributed by atoms with Gasteiger partial charge in [0.2, 0.25) is 0 Å². The molecular weight excluding hydrogens is 138 g/mol. The second-order valence-electron chi connectivity index (χ2n) is 4.28. The van der Waals surface area contributed by atoms with E-state index in [1.807, 2.05) is 0 Å². The molecule has 0 aromatic heterocycles. The summed E-state index contributed by atoms with van der Waals surface area (Å²) >= 11 is 0. The zero-order chi connectivity index (χ0) is 8.32. The SMILES string of the molecule is CC(C)(C)OCC1CCNC1. The lowest BCUT2D eigenvalue weighted by Gasteiger charge is -2.21. The van der Waals surface area contributed by atoms with Gasteiger partial charge in [0.25, 0.3) is 0 Å². The first-order chi connectivity index (χ1) is 5.08. The van der Waals surface area contributed by atoms with Gasteiger partial charge in [-0.2, -0.15) is 0 Å². The number of hydrogen-bond donors (Lipinski definition) is 1. The van der Waals surface area contributed by atoms with Crippen molar-refractivity contribution in [3.63, 3.8) is 0 Å². The summed E-state index contributed by atoms with van der Waals surface area (Å²) < 4.78 is 5.67. The minimum atomic E-state index is 0.0303. The van der Waals surface area contributed by atoms with Crippen LogP contribution >= 0.6 is 0 Å². The molecule has 2 nitrogen and oxygen atoms in total. The van der Waals surface area contributed by atoms with Gasteiger partial charge in [0.1, 0.15) is 0 Å². The Bertz CT molecular complexity index is 111. The Kier molecular flexibility index (Phi) is 2.90. The fourth-order valence-corrected chi connectivity index (χ4v) is 1.22. The van der Waals surface area contributed by atoms with Crippen LogP contribution in [0, 0.1) is 5.92 Å². The molecule has 0 saturated carbocycles. The van der Waals surface area contributed by atoms with Crippen LogP contribution in [0.25, 0.3) is 0 Å². The molecule has 1 N–H and O–H groups in total. The number of rotatable bonds is 2. The molecule has 0 spiro atoms. The fourth-order valence-electron chi connectivity index (χ4n) is 1.22. The summed E-state index contributed by atoms with van der Waals surface area (Å²) in [6.45, 7) is 9.53. The van der Waals surface area contributed by atoms with Crippen LogP contribution in [0.4, 0.5) is 0 Å². The normalized spacial score (nSPS) is 25.9. The second-order valence-corrected chi connectivity index (χ2v) is 4.28. The van der Waals surface area contributed by atoms with Crippen LogP contribution < -0.4 is 5.32 Å². The quantitative estimate of drug-likeness (QED) is 0.654. The monoisotopic (exact) mass is 157 g/mol. The molecular formula is C9H19NO. The van der Waals surface area contributed by atoms with E-state index in [-0.39, 0.29) is 5.60 Å². The van der Waals surface area contributed by atoms with E-state index in [4.69, 9.17) is 4.74 Å². The molecule has 66 valence electrons. The molecule has 1 atom stereocenters. The number of nitrogens with one attached hydrogen (secondary N) is 1. The van der Waals surface area contributed by atoms with Crippen molar-refractivity contribution >= 4 is 0 Å². The van der Waals surface area contributed by atoms with Crippen molar-refractivity contribution in [1.29, 1.82) is 0 Å². The molecule has 0 amide bonds. The average Bonchev–Trinajstić information content (AvgIpc) is 2.32. The lowest BCUT2D eigenvalue weighted by atomic mass is 10.1. The summed E-state index contributed by atoms with van der Waals surface area (Å²) in [5.41, 5.74) is 0.0303. The van der Waals surface area contributed by atoms with E-state index in [0.717, 1.165) is 25.6 Å². The molecule has 0 aliphatic carbocycles. The zero-order valence-corrected chi connectivity index (χ0v) is 7.81. The lowest BCUT2D eigenvalue weighted by Crippen LogP contribution is -2.24. The van der Waals surface area contributed by atoms with Gasteiger partial charge in [0, 0.05) is 6.54 Å². The highest BCUT2D eigenvalue weighted by atomic mass is 16.5. The van der Waals surface area contributed by atoms with Gasteiger partial charge in [-0.25, -0.2) is 0 Å². The number of hydrogen-bond acceptors (Lipinski definition) is 2. The third kappa shape index (κ3) is 3.73. The van der Waals surface area contributed by atoms with Crippen molar-refractivity contribution in [3.8, 4) is 0 Å². The molecule has 1 fully saturated rings. The summed E-state index contributed by atoms with van der Waals surface area (Å²) in [4.78, 5) is 0. The van der Waals surface area contributed by atoms with Gasteiger partial charge in [-0.3, -0.25) is 0 Å². The van der Waals surface area contributed by atoms with Crippen LogP contribution in [0.15, 0.2) is 0 Å². The lowest BCUT2D eigenvalue weighted by molar-refractivity contribution is -0.0191.